The highest BCUT2D eigenvalue weighted by Gasteiger charge is 2.60. The van der Waals surface area contributed by atoms with E-state index < -0.39 is 7.26 Å². The minimum atomic E-state index is -1.56. The molecule has 1 aliphatic rings. The predicted octanol–water partition coefficient (Wildman–Crippen LogP) is 2.25. The lowest BCUT2D eigenvalue weighted by molar-refractivity contribution is 0.237. The van der Waals surface area contributed by atoms with Gasteiger partial charge >= 0.3 is 0 Å². The Hall–Kier alpha value is 0.350. The Balaban J connectivity index is 3.00. The fraction of sp³-hybridized carbons (Fsp3) is 1.00. The lowest BCUT2D eigenvalue weighted by Gasteiger charge is -2.35. The summed E-state index contributed by atoms with van der Waals surface area (Å²) in [6.45, 7) is 8.58. The van der Waals surface area contributed by atoms with Gasteiger partial charge in [0, 0.05) is 12.8 Å². The molecule has 3 heteroatoms. The second kappa shape index (κ2) is 3.84. The van der Waals surface area contributed by atoms with Crippen molar-refractivity contribution >= 4 is 7.26 Å². The number of hydrogen-bond acceptors (Lipinski definition) is 2. The standard InChI is InChI=1S/C10H22O2P/c1-7(2)13(8(3)4)9(11)5-6-10(13)12/h7-12H,5-6H2,1-4H3/q+1. The van der Waals surface area contributed by atoms with Crippen molar-refractivity contribution in [3.05, 3.63) is 0 Å². The van der Waals surface area contributed by atoms with Gasteiger partial charge in [0.15, 0.2) is 11.7 Å². The third kappa shape index (κ3) is 1.54. The van der Waals surface area contributed by atoms with Gasteiger partial charge in [-0.15, -0.1) is 0 Å². The summed E-state index contributed by atoms with van der Waals surface area (Å²) >= 11 is 0. The van der Waals surface area contributed by atoms with E-state index in [1.165, 1.54) is 0 Å². The van der Waals surface area contributed by atoms with E-state index in [0.29, 0.717) is 11.3 Å². The van der Waals surface area contributed by atoms with Crippen molar-refractivity contribution in [3.8, 4) is 0 Å². The maximum Gasteiger partial charge on any atom is 0.167 e. The van der Waals surface area contributed by atoms with Crippen LogP contribution in [0.5, 0.6) is 0 Å². The molecule has 13 heavy (non-hydrogen) atoms. The van der Waals surface area contributed by atoms with Crippen LogP contribution >= 0.6 is 7.26 Å². The molecule has 0 aromatic heterocycles. The van der Waals surface area contributed by atoms with E-state index in [9.17, 15) is 10.2 Å². The first-order valence-electron chi connectivity index (χ1n) is 5.18. The van der Waals surface area contributed by atoms with Gasteiger partial charge in [0.05, 0.1) is 18.6 Å². The van der Waals surface area contributed by atoms with Crippen molar-refractivity contribution in [2.45, 2.75) is 63.5 Å². The fourth-order valence-corrected chi connectivity index (χ4v) is 8.45. The Bertz CT molecular complexity index is 160. The highest BCUT2D eigenvalue weighted by molar-refractivity contribution is 7.78. The summed E-state index contributed by atoms with van der Waals surface area (Å²) in [6, 6.07) is 0. The molecule has 1 aliphatic heterocycles. The van der Waals surface area contributed by atoms with Crippen molar-refractivity contribution in [1.29, 1.82) is 0 Å². The van der Waals surface area contributed by atoms with Gasteiger partial charge in [-0.1, -0.05) is 0 Å². The van der Waals surface area contributed by atoms with Crippen molar-refractivity contribution in [2.24, 2.45) is 0 Å². The van der Waals surface area contributed by atoms with E-state index in [4.69, 9.17) is 0 Å². The summed E-state index contributed by atoms with van der Waals surface area (Å²) < 4.78 is 0. The van der Waals surface area contributed by atoms with Gasteiger partial charge in [-0.05, 0) is 27.7 Å². The van der Waals surface area contributed by atoms with Crippen LogP contribution in [0.4, 0.5) is 0 Å². The van der Waals surface area contributed by atoms with Gasteiger partial charge < -0.3 is 10.2 Å². The summed E-state index contributed by atoms with van der Waals surface area (Å²) in [5.74, 6) is -0.440. The Morgan fingerprint density at radius 1 is 0.923 bits per heavy atom. The quantitative estimate of drug-likeness (QED) is 0.679. The zero-order chi connectivity index (χ0) is 10.2. The number of aliphatic hydroxyl groups is 2. The van der Waals surface area contributed by atoms with Gasteiger partial charge in [0.1, 0.15) is 0 Å². The lowest BCUT2D eigenvalue weighted by Crippen LogP contribution is -2.28. The molecule has 0 amide bonds. The third-order valence-corrected chi connectivity index (χ3v) is 9.66. The SMILES string of the molecule is CC(C)[P+]1(C(C)C)C(O)CCC1O. The Morgan fingerprint density at radius 3 is 1.38 bits per heavy atom. The molecule has 2 atom stereocenters. The summed E-state index contributed by atoms with van der Waals surface area (Å²) in [6.07, 6.45) is 1.59. The first-order chi connectivity index (χ1) is 5.94. The lowest BCUT2D eigenvalue weighted by atomic mass is 10.3. The topological polar surface area (TPSA) is 40.5 Å². The molecule has 0 saturated carbocycles. The molecule has 1 heterocycles. The van der Waals surface area contributed by atoms with Crippen LogP contribution in [0.25, 0.3) is 0 Å². The molecule has 78 valence electrons. The fourth-order valence-electron chi connectivity index (χ4n) is 2.92. The second-order valence-electron chi connectivity index (χ2n) is 4.62. The molecule has 0 aromatic rings. The van der Waals surface area contributed by atoms with Gasteiger partial charge in [-0.2, -0.15) is 0 Å². The maximum absolute atomic E-state index is 10.0. The Morgan fingerprint density at radius 2 is 1.23 bits per heavy atom. The summed E-state index contributed by atoms with van der Waals surface area (Å²) in [5, 5.41) is 20.1. The highest BCUT2D eigenvalue weighted by atomic mass is 31.2. The van der Waals surface area contributed by atoms with Crippen LogP contribution < -0.4 is 0 Å². The van der Waals surface area contributed by atoms with E-state index in [2.05, 4.69) is 27.7 Å². The van der Waals surface area contributed by atoms with Crippen molar-refractivity contribution < 1.29 is 10.2 Å². The van der Waals surface area contributed by atoms with E-state index in [-0.39, 0.29) is 11.7 Å². The molecular weight excluding hydrogens is 183 g/mol. The van der Waals surface area contributed by atoms with Crippen LogP contribution in [-0.2, 0) is 0 Å². The van der Waals surface area contributed by atoms with Crippen molar-refractivity contribution in [3.63, 3.8) is 0 Å². The molecule has 0 spiro atoms. The monoisotopic (exact) mass is 205 g/mol. The molecule has 0 aromatic carbocycles. The molecular formula is C10H22O2P+. The Kier molecular flexibility index (Phi) is 3.38. The van der Waals surface area contributed by atoms with E-state index in [1.807, 2.05) is 0 Å². The largest absolute Gasteiger partial charge is 0.359 e. The van der Waals surface area contributed by atoms with E-state index >= 15 is 0 Å². The van der Waals surface area contributed by atoms with Crippen molar-refractivity contribution in [2.75, 3.05) is 0 Å². The van der Waals surface area contributed by atoms with Crippen LogP contribution in [0, 0.1) is 0 Å². The molecule has 1 rings (SSSR count). The van der Waals surface area contributed by atoms with Gasteiger partial charge in [0.2, 0.25) is 0 Å². The predicted molar refractivity (Wildman–Crippen MR) is 58.4 cm³/mol. The molecule has 2 unspecified atom stereocenters. The van der Waals surface area contributed by atoms with E-state index in [0.717, 1.165) is 12.8 Å². The van der Waals surface area contributed by atoms with Crippen LogP contribution in [-0.4, -0.2) is 33.2 Å². The number of rotatable bonds is 2. The summed E-state index contributed by atoms with van der Waals surface area (Å²) in [4.78, 5) is 0. The first-order valence-corrected chi connectivity index (χ1v) is 7.24. The van der Waals surface area contributed by atoms with Crippen LogP contribution in [0.2, 0.25) is 0 Å². The van der Waals surface area contributed by atoms with Crippen LogP contribution in [0.1, 0.15) is 40.5 Å². The van der Waals surface area contributed by atoms with Gasteiger partial charge in [-0.25, -0.2) is 0 Å². The molecule has 0 radical (unpaired) electrons. The number of aliphatic hydroxyl groups excluding tert-OH is 2. The van der Waals surface area contributed by atoms with Crippen LogP contribution in [0.3, 0.4) is 0 Å². The average Bonchev–Trinajstić information content (AvgIpc) is 2.27. The second-order valence-corrected chi connectivity index (χ2v) is 9.67. The average molecular weight is 205 g/mol. The third-order valence-electron chi connectivity index (χ3n) is 3.50. The number of hydrogen-bond donors (Lipinski definition) is 2. The molecule has 0 bridgehead atoms. The molecule has 0 aliphatic carbocycles. The maximum atomic E-state index is 10.0. The zero-order valence-corrected chi connectivity index (χ0v) is 9.96. The summed E-state index contributed by atoms with van der Waals surface area (Å²) in [7, 11) is -1.56. The first kappa shape index (κ1) is 11.4. The minimum Gasteiger partial charge on any atom is -0.359 e. The summed E-state index contributed by atoms with van der Waals surface area (Å²) in [5.41, 5.74) is 0.889. The van der Waals surface area contributed by atoms with Crippen LogP contribution in [0.15, 0.2) is 0 Å². The molecule has 1 fully saturated rings. The van der Waals surface area contributed by atoms with E-state index in [1.54, 1.807) is 0 Å². The molecule has 1 saturated heterocycles. The minimum absolute atomic E-state index is 0.220. The van der Waals surface area contributed by atoms with Crippen molar-refractivity contribution in [1.82, 2.24) is 0 Å². The molecule has 2 nitrogen and oxygen atoms in total. The van der Waals surface area contributed by atoms with Gasteiger partial charge in [-0.3, -0.25) is 0 Å². The normalized spacial score (nSPS) is 33.2. The zero-order valence-electron chi connectivity index (χ0n) is 9.07. The molecule has 2 N–H and O–H groups in total. The van der Waals surface area contributed by atoms with Gasteiger partial charge in [0.25, 0.3) is 0 Å². The Labute approximate surface area is 81.7 Å². The smallest absolute Gasteiger partial charge is 0.167 e. The highest BCUT2D eigenvalue weighted by Crippen LogP contribution is 2.77.